The van der Waals surface area contributed by atoms with Crippen LogP contribution in [0.2, 0.25) is 0 Å². The van der Waals surface area contributed by atoms with Crippen LogP contribution in [0.3, 0.4) is 0 Å². The zero-order chi connectivity index (χ0) is 12.6. The third-order valence-corrected chi connectivity index (χ3v) is 3.90. The van der Waals surface area contributed by atoms with Gasteiger partial charge in [0.2, 0.25) is 5.91 Å². The molecule has 1 heterocycles. The lowest BCUT2D eigenvalue weighted by Gasteiger charge is -2.33. The monoisotopic (exact) mass is 233 g/mol. The van der Waals surface area contributed by atoms with Gasteiger partial charge >= 0.3 is 0 Å². The van der Waals surface area contributed by atoms with E-state index in [2.05, 4.69) is 17.8 Å². The van der Waals surface area contributed by atoms with Crippen LogP contribution in [0.15, 0.2) is 4.99 Å². The summed E-state index contributed by atoms with van der Waals surface area (Å²) in [6.45, 7) is 4.81. The molecule has 17 heavy (non-hydrogen) atoms. The predicted octanol–water partition coefficient (Wildman–Crippen LogP) is 0.971. The highest BCUT2D eigenvalue weighted by Gasteiger charge is 2.41. The van der Waals surface area contributed by atoms with Gasteiger partial charge in [-0.1, -0.05) is 19.8 Å². The summed E-state index contributed by atoms with van der Waals surface area (Å²) in [5.41, 5.74) is 5.16. The Labute approximate surface area is 102 Å². The number of terminal acetylenes is 1. The number of hydrogen-bond acceptors (Lipinski definition) is 3. The summed E-state index contributed by atoms with van der Waals surface area (Å²) in [6.07, 6.45) is 7.56. The molecule has 1 fully saturated rings. The van der Waals surface area contributed by atoms with E-state index in [0.717, 1.165) is 0 Å². The molecular formula is C13H19N3O. The summed E-state index contributed by atoms with van der Waals surface area (Å²) in [6, 6.07) is 0. The third kappa shape index (κ3) is 2.14. The first kappa shape index (κ1) is 12.0. The second-order valence-electron chi connectivity index (χ2n) is 5.15. The molecule has 0 aromatic heterocycles. The van der Waals surface area contributed by atoms with E-state index in [-0.39, 0.29) is 12.3 Å². The molecule has 0 bridgehead atoms. The number of guanidine groups is 1. The molecule has 1 amide bonds. The summed E-state index contributed by atoms with van der Waals surface area (Å²) >= 11 is 0. The molecule has 0 radical (unpaired) electrons. The Morgan fingerprint density at radius 2 is 2.35 bits per heavy atom. The minimum atomic E-state index is -0.715. The van der Waals surface area contributed by atoms with Crippen LogP contribution in [0.4, 0.5) is 0 Å². The summed E-state index contributed by atoms with van der Waals surface area (Å²) < 4.78 is 0. The second kappa shape index (κ2) is 4.06. The van der Waals surface area contributed by atoms with Gasteiger partial charge in [0.05, 0.1) is 6.42 Å². The number of rotatable bonds is 3. The Bertz CT molecular complexity index is 409. The number of amides is 1. The Kier molecular flexibility index (Phi) is 2.86. The molecule has 0 saturated heterocycles. The molecule has 0 unspecified atom stereocenters. The van der Waals surface area contributed by atoms with Crippen molar-refractivity contribution in [1.82, 2.24) is 4.90 Å². The molecule has 2 N–H and O–H groups in total. The first-order valence-corrected chi connectivity index (χ1v) is 6.15. The second-order valence-corrected chi connectivity index (χ2v) is 5.15. The summed E-state index contributed by atoms with van der Waals surface area (Å²) in [5, 5.41) is 0. The average molecular weight is 233 g/mol. The smallest absolute Gasteiger partial charge is 0.232 e. The van der Waals surface area contributed by atoms with Crippen LogP contribution in [0.5, 0.6) is 0 Å². The lowest BCUT2D eigenvalue weighted by Crippen LogP contribution is -2.51. The zero-order valence-electron chi connectivity index (χ0n) is 10.4. The SMILES string of the molecule is C#C[C@@]1(CC)CC(=O)N(C[C@@H]2C[C@H]2C)C(N)=N1. The molecule has 1 saturated carbocycles. The van der Waals surface area contributed by atoms with Gasteiger partial charge in [-0.25, -0.2) is 4.99 Å². The third-order valence-electron chi connectivity index (χ3n) is 3.90. The van der Waals surface area contributed by atoms with E-state index in [1.807, 2.05) is 6.92 Å². The number of nitrogens with zero attached hydrogens (tertiary/aromatic N) is 2. The first-order valence-electron chi connectivity index (χ1n) is 6.15. The molecule has 3 atom stereocenters. The molecule has 92 valence electrons. The first-order chi connectivity index (χ1) is 8.01. The maximum absolute atomic E-state index is 12.1. The fourth-order valence-corrected chi connectivity index (χ4v) is 2.27. The quantitative estimate of drug-likeness (QED) is 0.738. The average Bonchev–Trinajstić information content (AvgIpc) is 2.99. The Morgan fingerprint density at radius 1 is 1.71 bits per heavy atom. The predicted molar refractivity (Wildman–Crippen MR) is 67.1 cm³/mol. The van der Waals surface area contributed by atoms with Crippen LogP contribution in [0, 0.1) is 24.2 Å². The van der Waals surface area contributed by atoms with Gasteiger partial charge in [-0.2, -0.15) is 0 Å². The van der Waals surface area contributed by atoms with Crippen molar-refractivity contribution in [2.45, 2.75) is 38.6 Å². The van der Waals surface area contributed by atoms with Crippen molar-refractivity contribution in [1.29, 1.82) is 0 Å². The largest absolute Gasteiger partial charge is 0.369 e. The van der Waals surface area contributed by atoms with E-state index < -0.39 is 5.54 Å². The maximum atomic E-state index is 12.1. The number of carbonyl (C=O) groups is 1. The fraction of sp³-hybridized carbons (Fsp3) is 0.692. The van der Waals surface area contributed by atoms with Gasteiger partial charge in [0, 0.05) is 6.54 Å². The summed E-state index contributed by atoms with van der Waals surface area (Å²) in [5.74, 6) is 4.19. The Morgan fingerprint density at radius 3 is 2.76 bits per heavy atom. The standard InChI is InChI=1S/C13H19N3O/c1-4-13(5-2)7-11(17)16(12(14)15-13)8-10-6-9(10)3/h1,9-10H,5-8H2,2-3H3,(H2,14,15)/t9-,10+,13-/m1/s1. The van der Waals surface area contributed by atoms with Crippen molar-refractivity contribution in [3.05, 3.63) is 0 Å². The van der Waals surface area contributed by atoms with E-state index in [4.69, 9.17) is 12.2 Å². The number of nitrogens with two attached hydrogens (primary N) is 1. The van der Waals surface area contributed by atoms with Gasteiger partial charge < -0.3 is 5.73 Å². The molecule has 2 aliphatic rings. The minimum Gasteiger partial charge on any atom is -0.369 e. The van der Waals surface area contributed by atoms with Gasteiger partial charge in [-0.05, 0) is 24.7 Å². The van der Waals surface area contributed by atoms with E-state index in [1.54, 1.807) is 4.90 Å². The molecular weight excluding hydrogens is 214 g/mol. The van der Waals surface area contributed by atoms with Gasteiger partial charge in [0.1, 0.15) is 5.54 Å². The van der Waals surface area contributed by atoms with E-state index in [1.165, 1.54) is 6.42 Å². The highest BCUT2D eigenvalue weighted by Crippen LogP contribution is 2.39. The molecule has 1 aliphatic carbocycles. The molecule has 4 heteroatoms. The van der Waals surface area contributed by atoms with Gasteiger partial charge in [-0.15, -0.1) is 6.42 Å². The molecule has 0 aromatic carbocycles. The highest BCUT2D eigenvalue weighted by molar-refractivity contribution is 5.99. The summed E-state index contributed by atoms with van der Waals surface area (Å²) in [7, 11) is 0. The van der Waals surface area contributed by atoms with Crippen molar-refractivity contribution in [2.75, 3.05) is 6.54 Å². The normalized spacial score (nSPS) is 36.4. The van der Waals surface area contributed by atoms with E-state index in [0.29, 0.717) is 30.8 Å². The number of aliphatic imine (C=N–C) groups is 1. The van der Waals surface area contributed by atoms with Crippen LogP contribution >= 0.6 is 0 Å². The Hall–Kier alpha value is -1.50. The lowest BCUT2D eigenvalue weighted by molar-refractivity contribution is -0.129. The van der Waals surface area contributed by atoms with Gasteiger partial charge in [-0.3, -0.25) is 9.69 Å². The van der Waals surface area contributed by atoms with Crippen molar-refractivity contribution >= 4 is 11.9 Å². The van der Waals surface area contributed by atoms with Crippen LogP contribution in [0.1, 0.15) is 33.1 Å². The number of carbonyl (C=O) groups excluding carboxylic acids is 1. The van der Waals surface area contributed by atoms with Gasteiger partial charge in [0.25, 0.3) is 0 Å². The van der Waals surface area contributed by atoms with Gasteiger partial charge in [0.15, 0.2) is 5.96 Å². The van der Waals surface area contributed by atoms with Crippen molar-refractivity contribution in [2.24, 2.45) is 22.6 Å². The minimum absolute atomic E-state index is 0.0106. The molecule has 4 nitrogen and oxygen atoms in total. The fourth-order valence-electron chi connectivity index (χ4n) is 2.27. The van der Waals surface area contributed by atoms with E-state index in [9.17, 15) is 4.79 Å². The molecule has 0 spiro atoms. The lowest BCUT2D eigenvalue weighted by atomic mass is 9.91. The van der Waals surface area contributed by atoms with Crippen LogP contribution in [-0.4, -0.2) is 28.9 Å². The molecule has 2 rings (SSSR count). The van der Waals surface area contributed by atoms with Crippen molar-refractivity contribution in [3.8, 4) is 12.3 Å². The molecule has 1 aliphatic heterocycles. The van der Waals surface area contributed by atoms with Crippen molar-refractivity contribution in [3.63, 3.8) is 0 Å². The van der Waals surface area contributed by atoms with Crippen molar-refractivity contribution < 1.29 is 4.79 Å². The van der Waals surface area contributed by atoms with E-state index >= 15 is 0 Å². The Balaban J connectivity index is 2.16. The van der Waals surface area contributed by atoms with Crippen LogP contribution < -0.4 is 5.73 Å². The zero-order valence-corrected chi connectivity index (χ0v) is 10.4. The topological polar surface area (TPSA) is 58.7 Å². The maximum Gasteiger partial charge on any atom is 0.232 e. The van der Waals surface area contributed by atoms with Crippen LogP contribution in [0.25, 0.3) is 0 Å². The summed E-state index contributed by atoms with van der Waals surface area (Å²) in [4.78, 5) is 18.0. The van der Waals surface area contributed by atoms with Crippen LogP contribution in [-0.2, 0) is 4.79 Å². The molecule has 0 aromatic rings. The number of hydrogen-bond donors (Lipinski definition) is 1. The highest BCUT2D eigenvalue weighted by atomic mass is 16.2.